The molecule has 0 bridgehead atoms. The summed E-state index contributed by atoms with van der Waals surface area (Å²) in [6.45, 7) is 0.961. The number of carbonyl (C=O) groups excluding carboxylic acids is 1. The van der Waals surface area contributed by atoms with Gasteiger partial charge in [0.05, 0.1) is 10.5 Å². The molecule has 2 rings (SSSR count). The van der Waals surface area contributed by atoms with Crippen LogP contribution in [0.25, 0.3) is 0 Å². The van der Waals surface area contributed by atoms with E-state index in [4.69, 9.17) is 9.84 Å². The van der Waals surface area contributed by atoms with Gasteiger partial charge >= 0.3 is 11.7 Å². The zero-order chi connectivity index (χ0) is 16.8. The Morgan fingerprint density at radius 1 is 1.22 bits per heavy atom. The van der Waals surface area contributed by atoms with Crippen LogP contribution in [0.15, 0.2) is 18.2 Å². The fourth-order valence-corrected chi connectivity index (χ4v) is 2.46. The number of carboxylic acid groups (broad SMARTS) is 1. The second kappa shape index (κ2) is 7.57. The molecule has 0 radical (unpaired) electrons. The predicted octanol–water partition coefficient (Wildman–Crippen LogP) is 2.07. The third kappa shape index (κ3) is 4.41. The van der Waals surface area contributed by atoms with Crippen LogP contribution in [0.3, 0.4) is 0 Å². The molecule has 0 unspecified atom stereocenters. The average Bonchev–Trinajstić information content (AvgIpc) is 2.81. The quantitative estimate of drug-likeness (QED) is 0.656. The van der Waals surface area contributed by atoms with E-state index in [0.29, 0.717) is 13.1 Å². The number of nitro groups is 1. The van der Waals surface area contributed by atoms with Crippen LogP contribution in [-0.4, -0.2) is 46.5 Å². The molecule has 0 spiro atoms. The first-order valence-electron chi connectivity index (χ1n) is 7.41. The monoisotopic (exact) mass is 322 g/mol. The fraction of sp³-hybridized carbons (Fsp3) is 0.467. The molecule has 8 nitrogen and oxygen atoms in total. The van der Waals surface area contributed by atoms with E-state index in [1.807, 2.05) is 0 Å². The number of carboxylic acids is 1. The third-order valence-electron chi connectivity index (χ3n) is 3.71. The molecule has 0 aromatic heterocycles. The standard InChI is InChI=1S/C15H18N2O6/c18-14(16-7-3-1-2-4-8-16)10-23-13-9-11(15(19)20)5-6-12(13)17(21)22/h5-6,9H,1-4,7-8,10H2,(H,19,20). The highest BCUT2D eigenvalue weighted by Crippen LogP contribution is 2.28. The van der Waals surface area contributed by atoms with Crippen molar-refractivity contribution in [3.8, 4) is 5.75 Å². The summed E-state index contributed by atoms with van der Waals surface area (Å²) >= 11 is 0. The topological polar surface area (TPSA) is 110 Å². The van der Waals surface area contributed by atoms with Crippen LogP contribution in [0.5, 0.6) is 5.75 Å². The minimum Gasteiger partial charge on any atom is -0.478 e. The lowest BCUT2D eigenvalue weighted by molar-refractivity contribution is -0.385. The Bertz CT molecular complexity index is 608. The number of aromatic carboxylic acids is 1. The summed E-state index contributed by atoms with van der Waals surface area (Å²) in [7, 11) is 0. The van der Waals surface area contributed by atoms with Crippen LogP contribution in [0.1, 0.15) is 36.0 Å². The molecule has 1 saturated heterocycles. The van der Waals surface area contributed by atoms with Crippen LogP contribution in [0, 0.1) is 10.1 Å². The van der Waals surface area contributed by atoms with Gasteiger partial charge in [0.2, 0.25) is 0 Å². The lowest BCUT2D eigenvalue weighted by atomic mass is 10.2. The van der Waals surface area contributed by atoms with Crippen LogP contribution >= 0.6 is 0 Å². The Morgan fingerprint density at radius 3 is 2.43 bits per heavy atom. The largest absolute Gasteiger partial charge is 0.478 e. The van der Waals surface area contributed by atoms with Crippen molar-refractivity contribution in [2.75, 3.05) is 19.7 Å². The van der Waals surface area contributed by atoms with Gasteiger partial charge < -0.3 is 14.7 Å². The fourth-order valence-electron chi connectivity index (χ4n) is 2.46. The van der Waals surface area contributed by atoms with Crippen LogP contribution in [0.4, 0.5) is 5.69 Å². The molecule has 1 heterocycles. The van der Waals surface area contributed by atoms with E-state index in [0.717, 1.165) is 43.9 Å². The van der Waals surface area contributed by atoms with Gasteiger partial charge in [0.1, 0.15) is 0 Å². The molecule has 0 atom stereocenters. The third-order valence-corrected chi connectivity index (χ3v) is 3.71. The van der Waals surface area contributed by atoms with Gasteiger partial charge in [-0.15, -0.1) is 0 Å². The Kier molecular flexibility index (Phi) is 5.51. The molecule has 1 aliphatic rings. The van der Waals surface area contributed by atoms with E-state index in [9.17, 15) is 19.7 Å². The molecule has 0 saturated carbocycles. The minimum atomic E-state index is -1.22. The number of ether oxygens (including phenoxy) is 1. The molecular weight excluding hydrogens is 304 g/mol. The number of carbonyl (C=O) groups is 2. The number of benzene rings is 1. The summed E-state index contributed by atoms with van der Waals surface area (Å²) in [6, 6.07) is 3.26. The van der Waals surface area contributed by atoms with Gasteiger partial charge in [0.25, 0.3) is 5.91 Å². The first-order valence-corrected chi connectivity index (χ1v) is 7.41. The maximum absolute atomic E-state index is 12.1. The molecule has 1 aromatic rings. The predicted molar refractivity (Wildman–Crippen MR) is 80.6 cm³/mol. The zero-order valence-corrected chi connectivity index (χ0v) is 12.6. The molecule has 8 heteroatoms. The van der Waals surface area contributed by atoms with E-state index >= 15 is 0 Å². The maximum atomic E-state index is 12.1. The summed E-state index contributed by atoms with van der Waals surface area (Å²) in [5, 5.41) is 19.9. The highest BCUT2D eigenvalue weighted by molar-refractivity contribution is 5.88. The Hall–Kier alpha value is -2.64. The lowest BCUT2D eigenvalue weighted by Crippen LogP contribution is -2.35. The smallest absolute Gasteiger partial charge is 0.335 e. The van der Waals surface area contributed by atoms with E-state index in [-0.39, 0.29) is 29.5 Å². The Labute approximate surface area is 132 Å². The first kappa shape index (κ1) is 16.7. The molecule has 1 N–H and O–H groups in total. The number of hydrogen-bond donors (Lipinski definition) is 1. The van der Waals surface area contributed by atoms with Crippen molar-refractivity contribution in [2.24, 2.45) is 0 Å². The molecule has 0 aliphatic carbocycles. The number of likely N-dealkylation sites (tertiary alicyclic amines) is 1. The second-order valence-electron chi connectivity index (χ2n) is 5.33. The van der Waals surface area contributed by atoms with E-state index in [2.05, 4.69) is 0 Å². The van der Waals surface area contributed by atoms with Gasteiger partial charge in [0, 0.05) is 25.2 Å². The normalized spacial score (nSPS) is 14.9. The first-order chi connectivity index (χ1) is 11.0. The number of nitro benzene ring substituents is 1. The van der Waals surface area contributed by atoms with Crippen molar-refractivity contribution in [3.63, 3.8) is 0 Å². The molecule has 23 heavy (non-hydrogen) atoms. The van der Waals surface area contributed by atoms with Crippen LogP contribution in [-0.2, 0) is 4.79 Å². The second-order valence-corrected chi connectivity index (χ2v) is 5.33. The highest BCUT2D eigenvalue weighted by atomic mass is 16.6. The molecule has 1 amide bonds. The summed E-state index contributed by atoms with van der Waals surface area (Å²) in [5.41, 5.74) is -0.494. The van der Waals surface area contributed by atoms with Crippen molar-refractivity contribution in [2.45, 2.75) is 25.7 Å². The highest BCUT2D eigenvalue weighted by Gasteiger charge is 2.21. The van der Waals surface area contributed by atoms with E-state index in [1.165, 1.54) is 0 Å². The maximum Gasteiger partial charge on any atom is 0.335 e. The zero-order valence-electron chi connectivity index (χ0n) is 12.6. The number of rotatable bonds is 5. The average molecular weight is 322 g/mol. The van der Waals surface area contributed by atoms with Crippen molar-refractivity contribution >= 4 is 17.6 Å². The Morgan fingerprint density at radius 2 is 1.87 bits per heavy atom. The summed E-state index contributed by atoms with van der Waals surface area (Å²) in [4.78, 5) is 35.1. The van der Waals surface area contributed by atoms with Gasteiger partial charge in [0.15, 0.2) is 12.4 Å². The Balaban J connectivity index is 2.08. The number of amides is 1. The van der Waals surface area contributed by atoms with Crippen LogP contribution < -0.4 is 4.74 Å². The molecule has 1 aliphatic heterocycles. The lowest BCUT2D eigenvalue weighted by Gasteiger charge is -2.20. The summed E-state index contributed by atoms with van der Waals surface area (Å²) in [6.07, 6.45) is 4.02. The number of hydrogen-bond acceptors (Lipinski definition) is 5. The van der Waals surface area contributed by atoms with Gasteiger partial charge in [-0.25, -0.2) is 4.79 Å². The summed E-state index contributed by atoms with van der Waals surface area (Å²) in [5.74, 6) is -1.68. The van der Waals surface area contributed by atoms with Gasteiger partial charge in [-0.3, -0.25) is 14.9 Å². The van der Waals surface area contributed by atoms with Crippen molar-refractivity contribution < 1.29 is 24.4 Å². The number of nitrogens with zero attached hydrogens (tertiary/aromatic N) is 2. The van der Waals surface area contributed by atoms with Crippen molar-refractivity contribution in [1.29, 1.82) is 0 Å². The van der Waals surface area contributed by atoms with Gasteiger partial charge in [-0.2, -0.15) is 0 Å². The molecule has 1 aromatic carbocycles. The minimum absolute atomic E-state index is 0.132. The van der Waals surface area contributed by atoms with Crippen LogP contribution in [0.2, 0.25) is 0 Å². The van der Waals surface area contributed by atoms with E-state index < -0.39 is 10.9 Å². The summed E-state index contributed by atoms with van der Waals surface area (Å²) < 4.78 is 5.25. The van der Waals surface area contributed by atoms with Gasteiger partial charge in [-0.05, 0) is 18.9 Å². The molecule has 124 valence electrons. The van der Waals surface area contributed by atoms with Gasteiger partial charge in [-0.1, -0.05) is 12.8 Å². The molecule has 1 fully saturated rings. The van der Waals surface area contributed by atoms with E-state index in [1.54, 1.807) is 4.90 Å². The SMILES string of the molecule is O=C(O)c1ccc([N+](=O)[O-])c(OCC(=O)N2CCCCCC2)c1. The molecular formula is C15H18N2O6. The van der Waals surface area contributed by atoms with Crippen molar-refractivity contribution in [1.82, 2.24) is 4.90 Å². The van der Waals surface area contributed by atoms with Crippen molar-refractivity contribution in [3.05, 3.63) is 33.9 Å².